The first-order chi connectivity index (χ1) is 11.8. The molecule has 0 fully saturated rings. The molecule has 2 heteroatoms. The highest BCUT2D eigenvalue weighted by atomic mass is 15.2. The number of benzene rings is 2. The Morgan fingerprint density at radius 3 is 2.58 bits per heavy atom. The Kier molecular flexibility index (Phi) is 3.53. The Morgan fingerprint density at radius 1 is 1.08 bits per heavy atom. The van der Waals surface area contributed by atoms with Crippen LogP contribution in [0.4, 0.5) is 11.4 Å². The van der Waals surface area contributed by atoms with E-state index in [9.17, 15) is 0 Å². The van der Waals surface area contributed by atoms with Gasteiger partial charge in [0, 0.05) is 35.2 Å². The van der Waals surface area contributed by atoms with Gasteiger partial charge in [0.05, 0.1) is 11.2 Å². The maximum atomic E-state index is 3.88. The second kappa shape index (κ2) is 5.72. The van der Waals surface area contributed by atoms with E-state index in [4.69, 9.17) is 0 Å². The van der Waals surface area contributed by atoms with Gasteiger partial charge >= 0.3 is 0 Å². The van der Waals surface area contributed by atoms with Crippen molar-refractivity contribution in [2.45, 2.75) is 13.3 Å². The number of fused-ring (bicyclic) bond motifs is 3. The van der Waals surface area contributed by atoms with Gasteiger partial charge in [0.1, 0.15) is 0 Å². The molecule has 1 aliphatic rings. The molecule has 0 amide bonds. The number of anilines is 2. The molecule has 120 valence electrons. The molecule has 3 aromatic rings. The lowest BCUT2D eigenvalue weighted by atomic mass is 10.1. The van der Waals surface area contributed by atoms with E-state index < -0.39 is 0 Å². The number of hydrogen-bond acceptors (Lipinski definition) is 1. The second-order valence-corrected chi connectivity index (χ2v) is 6.26. The molecule has 0 saturated carbocycles. The van der Waals surface area contributed by atoms with Crippen LogP contribution in [0.2, 0.25) is 0 Å². The highest BCUT2D eigenvalue weighted by Crippen LogP contribution is 2.38. The predicted octanol–water partition coefficient (Wildman–Crippen LogP) is 3.64. The zero-order chi connectivity index (χ0) is 16.7. The molecule has 1 aliphatic heterocycles. The molecule has 2 nitrogen and oxygen atoms in total. The fourth-order valence-electron chi connectivity index (χ4n) is 3.95. The van der Waals surface area contributed by atoms with Crippen molar-refractivity contribution in [1.29, 1.82) is 0 Å². The SMILES string of the molecule is C=C/C=c1\c(=C/C)c2ccc3c(c2n1C)N(c1ccccc1)CC3. The lowest BCUT2D eigenvalue weighted by molar-refractivity contribution is 0.922. The molecule has 0 N–H and O–H groups in total. The molecule has 0 spiro atoms. The van der Waals surface area contributed by atoms with E-state index >= 15 is 0 Å². The van der Waals surface area contributed by atoms with Gasteiger partial charge in [-0.1, -0.05) is 49.1 Å². The van der Waals surface area contributed by atoms with Crippen LogP contribution in [-0.4, -0.2) is 11.1 Å². The van der Waals surface area contributed by atoms with Crippen molar-refractivity contribution in [1.82, 2.24) is 4.57 Å². The van der Waals surface area contributed by atoms with Crippen molar-refractivity contribution in [3.8, 4) is 0 Å². The molecule has 2 aromatic carbocycles. The van der Waals surface area contributed by atoms with E-state index in [1.807, 2.05) is 6.08 Å². The second-order valence-electron chi connectivity index (χ2n) is 6.26. The minimum Gasteiger partial charge on any atom is -0.342 e. The summed E-state index contributed by atoms with van der Waals surface area (Å²) in [6.45, 7) is 7.03. The minimum absolute atomic E-state index is 1.04. The van der Waals surface area contributed by atoms with Gasteiger partial charge in [-0.3, -0.25) is 0 Å². The van der Waals surface area contributed by atoms with Crippen LogP contribution < -0.4 is 15.5 Å². The van der Waals surface area contributed by atoms with Crippen LogP contribution in [0.3, 0.4) is 0 Å². The summed E-state index contributed by atoms with van der Waals surface area (Å²) in [7, 11) is 2.16. The zero-order valence-corrected chi connectivity index (χ0v) is 14.3. The first-order valence-corrected chi connectivity index (χ1v) is 8.48. The molecule has 0 unspecified atom stereocenters. The number of hydrogen-bond donors (Lipinski definition) is 0. The zero-order valence-electron chi connectivity index (χ0n) is 14.3. The van der Waals surface area contributed by atoms with Crippen LogP contribution in [0.25, 0.3) is 23.1 Å². The Bertz CT molecular complexity index is 1040. The number of nitrogens with zero attached hydrogens (tertiary/aromatic N) is 2. The number of allylic oxidation sites excluding steroid dienone is 1. The topological polar surface area (TPSA) is 8.17 Å². The van der Waals surface area contributed by atoms with Crippen LogP contribution in [0.1, 0.15) is 12.5 Å². The average Bonchev–Trinajstić information content (AvgIpc) is 3.16. The summed E-state index contributed by atoms with van der Waals surface area (Å²) >= 11 is 0. The smallest absolute Gasteiger partial charge is 0.0732 e. The summed E-state index contributed by atoms with van der Waals surface area (Å²) in [5, 5.41) is 3.82. The van der Waals surface area contributed by atoms with Crippen molar-refractivity contribution in [2.75, 3.05) is 11.4 Å². The van der Waals surface area contributed by atoms with Gasteiger partial charge in [0.15, 0.2) is 0 Å². The first-order valence-electron chi connectivity index (χ1n) is 8.48. The molecule has 0 saturated heterocycles. The van der Waals surface area contributed by atoms with Crippen LogP contribution in [0.15, 0.2) is 55.1 Å². The Labute approximate surface area is 142 Å². The quantitative estimate of drug-likeness (QED) is 0.701. The van der Waals surface area contributed by atoms with Gasteiger partial charge in [-0.2, -0.15) is 0 Å². The van der Waals surface area contributed by atoms with E-state index in [1.165, 1.54) is 38.4 Å². The average molecular weight is 314 g/mol. The Hall–Kier alpha value is -2.74. The van der Waals surface area contributed by atoms with Crippen LogP contribution in [0.5, 0.6) is 0 Å². The van der Waals surface area contributed by atoms with E-state index in [1.54, 1.807) is 0 Å². The highest BCUT2D eigenvalue weighted by Gasteiger charge is 2.25. The van der Waals surface area contributed by atoms with Gasteiger partial charge in [-0.25, -0.2) is 0 Å². The normalized spacial score (nSPS) is 15.3. The van der Waals surface area contributed by atoms with Crippen molar-refractivity contribution in [3.63, 3.8) is 0 Å². The molecule has 0 aliphatic carbocycles. The van der Waals surface area contributed by atoms with Crippen LogP contribution in [-0.2, 0) is 13.5 Å². The molecule has 4 rings (SSSR count). The predicted molar refractivity (Wildman–Crippen MR) is 104 cm³/mol. The van der Waals surface area contributed by atoms with E-state index in [0.29, 0.717) is 0 Å². The molecule has 0 radical (unpaired) electrons. The monoisotopic (exact) mass is 314 g/mol. The van der Waals surface area contributed by atoms with Crippen molar-refractivity contribution in [3.05, 3.63) is 71.3 Å². The van der Waals surface area contributed by atoms with Crippen molar-refractivity contribution in [2.24, 2.45) is 7.05 Å². The van der Waals surface area contributed by atoms with E-state index in [0.717, 1.165) is 13.0 Å². The number of aromatic nitrogens is 1. The summed E-state index contributed by atoms with van der Waals surface area (Å²) in [6.07, 6.45) is 7.27. The third-order valence-electron chi connectivity index (χ3n) is 5.00. The lowest BCUT2D eigenvalue weighted by Gasteiger charge is -2.21. The number of para-hydroxylation sites is 1. The fourth-order valence-corrected chi connectivity index (χ4v) is 3.95. The summed E-state index contributed by atoms with van der Waals surface area (Å²) in [4.78, 5) is 2.45. The van der Waals surface area contributed by atoms with Gasteiger partial charge in [-0.15, -0.1) is 0 Å². The minimum atomic E-state index is 1.04. The molecule has 24 heavy (non-hydrogen) atoms. The van der Waals surface area contributed by atoms with Gasteiger partial charge in [0.25, 0.3) is 0 Å². The van der Waals surface area contributed by atoms with Gasteiger partial charge < -0.3 is 9.47 Å². The third-order valence-corrected chi connectivity index (χ3v) is 5.00. The standard InChI is InChI=1S/C22H22N2/c1-4-9-20-18(5-2)19-13-12-16-14-15-24(17-10-7-6-8-11-17)21(16)22(19)23(20)3/h4-13H,1,14-15H2,2-3H3/b18-5-,20-9+. The largest absolute Gasteiger partial charge is 0.342 e. The van der Waals surface area contributed by atoms with Crippen molar-refractivity contribution < 1.29 is 0 Å². The van der Waals surface area contributed by atoms with E-state index in [-0.39, 0.29) is 0 Å². The Morgan fingerprint density at radius 2 is 1.88 bits per heavy atom. The fraction of sp³-hybridized carbons (Fsp3) is 0.182. The summed E-state index contributed by atoms with van der Waals surface area (Å²) in [6, 6.07) is 15.3. The maximum absolute atomic E-state index is 3.88. The third kappa shape index (κ3) is 2.03. The molecule has 0 atom stereocenters. The lowest BCUT2D eigenvalue weighted by Crippen LogP contribution is -2.27. The first kappa shape index (κ1) is 14.8. The van der Waals surface area contributed by atoms with E-state index in [2.05, 4.69) is 84.6 Å². The van der Waals surface area contributed by atoms with Crippen molar-refractivity contribution >= 4 is 34.4 Å². The molecule has 0 bridgehead atoms. The summed E-state index contributed by atoms with van der Waals surface area (Å²) < 4.78 is 2.31. The Balaban J connectivity index is 2.11. The van der Waals surface area contributed by atoms with Crippen LogP contribution >= 0.6 is 0 Å². The van der Waals surface area contributed by atoms with Gasteiger partial charge in [0.2, 0.25) is 0 Å². The molecular formula is C22H22N2. The summed E-state index contributed by atoms with van der Waals surface area (Å²) in [5.41, 5.74) is 5.36. The maximum Gasteiger partial charge on any atom is 0.0732 e. The van der Waals surface area contributed by atoms with Gasteiger partial charge in [-0.05, 0) is 37.1 Å². The highest BCUT2D eigenvalue weighted by molar-refractivity contribution is 5.98. The number of rotatable bonds is 2. The molecular weight excluding hydrogens is 292 g/mol. The van der Waals surface area contributed by atoms with Crippen LogP contribution in [0, 0.1) is 0 Å². The molecule has 2 heterocycles. The number of aryl methyl sites for hydroxylation is 1. The molecule has 1 aromatic heterocycles. The summed E-state index contributed by atoms with van der Waals surface area (Å²) in [5.74, 6) is 0.